The van der Waals surface area contributed by atoms with Gasteiger partial charge in [-0.05, 0) is 48.2 Å². The Labute approximate surface area is 134 Å². The van der Waals surface area contributed by atoms with Gasteiger partial charge in [0.2, 0.25) is 0 Å². The van der Waals surface area contributed by atoms with E-state index in [2.05, 4.69) is 28.1 Å². The SMILES string of the molecule is Cc1oc(C)c(C(=O)N(C)CCCc2ccccc2)c1Br. The third-order valence-corrected chi connectivity index (χ3v) is 4.50. The molecule has 0 unspecified atom stereocenters. The number of carbonyl (C=O) groups is 1. The molecule has 0 aliphatic rings. The molecule has 21 heavy (non-hydrogen) atoms. The molecular formula is C17H20BrNO2. The van der Waals surface area contributed by atoms with Gasteiger partial charge in [0.15, 0.2) is 0 Å². The number of aryl methyl sites for hydroxylation is 3. The molecule has 3 nitrogen and oxygen atoms in total. The van der Waals surface area contributed by atoms with Crippen LogP contribution in [0.1, 0.15) is 33.9 Å². The molecule has 2 rings (SSSR count). The van der Waals surface area contributed by atoms with E-state index in [1.54, 1.807) is 4.90 Å². The third-order valence-electron chi connectivity index (χ3n) is 3.55. The molecule has 0 fully saturated rings. The van der Waals surface area contributed by atoms with Crippen molar-refractivity contribution in [3.63, 3.8) is 0 Å². The first kappa shape index (κ1) is 15.8. The fourth-order valence-corrected chi connectivity index (χ4v) is 2.89. The predicted octanol–water partition coefficient (Wildman–Crippen LogP) is 4.36. The van der Waals surface area contributed by atoms with Gasteiger partial charge in [-0.25, -0.2) is 0 Å². The number of furan rings is 1. The lowest BCUT2D eigenvalue weighted by Crippen LogP contribution is -2.28. The Morgan fingerprint density at radius 1 is 1.19 bits per heavy atom. The van der Waals surface area contributed by atoms with E-state index in [1.807, 2.05) is 39.1 Å². The quantitative estimate of drug-likeness (QED) is 0.803. The van der Waals surface area contributed by atoms with Crippen molar-refractivity contribution in [1.29, 1.82) is 0 Å². The average molecular weight is 350 g/mol. The molecule has 1 amide bonds. The summed E-state index contributed by atoms with van der Waals surface area (Å²) in [5.41, 5.74) is 1.93. The van der Waals surface area contributed by atoms with Crippen molar-refractivity contribution in [3.05, 3.63) is 57.5 Å². The summed E-state index contributed by atoms with van der Waals surface area (Å²) in [6.07, 6.45) is 1.92. The van der Waals surface area contributed by atoms with E-state index in [0.717, 1.165) is 29.6 Å². The maximum absolute atomic E-state index is 12.5. The molecule has 1 aromatic heterocycles. The van der Waals surface area contributed by atoms with E-state index in [9.17, 15) is 4.79 Å². The van der Waals surface area contributed by atoms with E-state index in [0.29, 0.717) is 11.3 Å². The van der Waals surface area contributed by atoms with Gasteiger partial charge >= 0.3 is 0 Å². The highest BCUT2D eigenvalue weighted by Crippen LogP contribution is 2.28. The number of rotatable bonds is 5. The second-order valence-electron chi connectivity index (χ2n) is 5.22. The minimum Gasteiger partial charge on any atom is -0.465 e. The Hall–Kier alpha value is -1.55. The minimum atomic E-state index is 0.00397. The van der Waals surface area contributed by atoms with Crippen LogP contribution in [0, 0.1) is 13.8 Å². The Kier molecular flexibility index (Phi) is 5.23. The first-order valence-corrected chi connectivity index (χ1v) is 7.85. The van der Waals surface area contributed by atoms with Crippen molar-refractivity contribution in [2.75, 3.05) is 13.6 Å². The molecule has 0 spiro atoms. The summed E-state index contributed by atoms with van der Waals surface area (Å²) in [5, 5.41) is 0. The van der Waals surface area contributed by atoms with E-state index < -0.39 is 0 Å². The number of carbonyl (C=O) groups excluding carboxylic acids is 1. The molecule has 0 atom stereocenters. The van der Waals surface area contributed by atoms with Crippen LogP contribution in [-0.2, 0) is 6.42 Å². The summed E-state index contributed by atoms with van der Waals surface area (Å²) < 4.78 is 6.26. The maximum Gasteiger partial charge on any atom is 0.258 e. The summed E-state index contributed by atoms with van der Waals surface area (Å²) in [4.78, 5) is 14.2. The highest BCUT2D eigenvalue weighted by Gasteiger charge is 2.22. The van der Waals surface area contributed by atoms with E-state index in [-0.39, 0.29) is 5.91 Å². The Balaban J connectivity index is 1.94. The van der Waals surface area contributed by atoms with E-state index in [4.69, 9.17) is 4.42 Å². The van der Waals surface area contributed by atoms with Gasteiger partial charge in [-0.1, -0.05) is 30.3 Å². The molecule has 2 aromatic rings. The zero-order valence-corrected chi connectivity index (χ0v) is 14.2. The average Bonchev–Trinajstić information content (AvgIpc) is 2.72. The van der Waals surface area contributed by atoms with Crippen LogP contribution in [0.5, 0.6) is 0 Å². The van der Waals surface area contributed by atoms with Gasteiger partial charge in [0.25, 0.3) is 5.91 Å². The Morgan fingerprint density at radius 3 is 2.43 bits per heavy atom. The van der Waals surface area contributed by atoms with E-state index >= 15 is 0 Å². The Bertz CT molecular complexity index is 619. The third kappa shape index (κ3) is 3.76. The number of benzene rings is 1. The van der Waals surface area contributed by atoms with Crippen LogP contribution in [0.3, 0.4) is 0 Å². The van der Waals surface area contributed by atoms with Crippen molar-refractivity contribution < 1.29 is 9.21 Å². The normalized spacial score (nSPS) is 10.7. The molecule has 0 aliphatic carbocycles. The lowest BCUT2D eigenvalue weighted by atomic mass is 10.1. The zero-order valence-electron chi connectivity index (χ0n) is 12.6. The molecule has 1 heterocycles. The van der Waals surface area contributed by atoms with Crippen LogP contribution >= 0.6 is 15.9 Å². The molecule has 4 heteroatoms. The molecule has 1 aromatic carbocycles. The topological polar surface area (TPSA) is 33.5 Å². The highest BCUT2D eigenvalue weighted by molar-refractivity contribution is 9.10. The minimum absolute atomic E-state index is 0.00397. The number of hydrogen-bond donors (Lipinski definition) is 0. The smallest absolute Gasteiger partial charge is 0.258 e. The summed E-state index contributed by atoms with van der Waals surface area (Å²) in [7, 11) is 1.83. The number of hydrogen-bond acceptors (Lipinski definition) is 2. The van der Waals surface area contributed by atoms with Crippen LogP contribution in [-0.4, -0.2) is 24.4 Å². The van der Waals surface area contributed by atoms with Crippen LogP contribution < -0.4 is 0 Å². The largest absolute Gasteiger partial charge is 0.465 e. The van der Waals surface area contributed by atoms with Crippen molar-refractivity contribution in [3.8, 4) is 0 Å². The second-order valence-corrected chi connectivity index (χ2v) is 6.01. The van der Waals surface area contributed by atoms with Crippen LogP contribution in [0.25, 0.3) is 0 Å². The van der Waals surface area contributed by atoms with Crippen LogP contribution in [0.2, 0.25) is 0 Å². The van der Waals surface area contributed by atoms with Gasteiger partial charge in [-0.2, -0.15) is 0 Å². The van der Waals surface area contributed by atoms with Gasteiger partial charge in [0.05, 0.1) is 10.0 Å². The highest BCUT2D eigenvalue weighted by atomic mass is 79.9. The molecule has 0 aliphatic heterocycles. The standard InChI is InChI=1S/C17H20BrNO2/c1-12-15(16(18)13(2)21-12)17(20)19(3)11-7-10-14-8-5-4-6-9-14/h4-6,8-9H,7,10-11H2,1-3H3. The summed E-state index contributed by atoms with van der Waals surface area (Å²) >= 11 is 3.43. The predicted molar refractivity (Wildman–Crippen MR) is 87.6 cm³/mol. The van der Waals surface area contributed by atoms with Gasteiger partial charge < -0.3 is 9.32 Å². The monoisotopic (exact) mass is 349 g/mol. The van der Waals surface area contributed by atoms with E-state index in [1.165, 1.54) is 5.56 Å². The number of halogens is 1. The number of nitrogens with zero attached hydrogens (tertiary/aromatic N) is 1. The van der Waals surface area contributed by atoms with Crippen molar-refractivity contribution >= 4 is 21.8 Å². The maximum atomic E-state index is 12.5. The lowest BCUT2D eigenvalue weighted by molar-refractivity contribution is 0.0791. The molecule has 0 N–H and O–H groups in total. The molecule has 0 saturated heterocycles. The van der Waals surface area contributed by atoms with Crippen molar-refractivity contribution in [2.24, 2.45) is 0 Å². The van der Waals surface area contributed by atoms with Gasteiger partial charge in [-0.15, -0.1) is 0 Å². The fraction of sp³-hybridized carbons (Fsp3) is 0.353. The first-order valence-electron chi connectivity index (χ1n) is 7.05. The summed E-state index contributed by atoms with van der Waals surface area (Å²) in [6.45, 7) is 4.40. The van der Waals surface area contributed by atoms with Crippen LogP contribution in [0.15, 0.2) is 39.2 Å². The number of amides is 1. The van der Waals surface area contributed by atoms with Gasteiger partial charge in [0, 0.05) is 13.6 Å². The molecule has 0 saturated carbocycles. The second kappa shape index (κ2) is 6.94. The Morgan fingerprint density at radius 2 is 1.86 bits per heavy atom. The first-order chi connectivity index (χ1) is 10.0. The zero-order chi connectivity index (χ0) is 15.4. The summed E-state index contributed by atoms with van der Waals surface area (Å²) in [6, 6.07) is 10.3. The molecule has 0 bridgehead atoms. The van der Waals surface area contributed by atoms with Crippen molar-refractivity contribution in [2.45, 2.75) is 26.7 Å². The molecular weight excluding hydrogens is 330 g/mol. The van der Waals surface area contributed by atoms with Crippen LogP contribution in [0.4, 0.5) is 0 Å². The molecule has 0 radical (unpaired) electrons. The van der Waals surface area contributed by atoms with Crippen molar-refractivity contribution in [1.82, 2.24) is 4.90 Å². The molecule has 112 valence electrons. The van der Waals surface area contributed by atoms with Gasteiger partial charge in [0.1, 0.15) is 11.5 Å². The lowest BCUT2D eigenvalue weighted by Gasteiger charge is -2.17. The fourth-order valence-electron chi connectivity index (χ4n) is 2.36. The summed E-state index contributed by atoms with van der Waals surface area (Å²) in [5.74, 6) is 1.41. The van der Waals surface area contributed by atoms with Gasteiger partial charge in [-0.3, -0.25) is 4.79 Å².